The lowest BCUT2D eigenvalue weighted by molar-refractivity contribution is -0.0660. The third-order valence-corrected chi connectivity index (χ3v) is 7.72. The minimum atomic E-state index is -1.01. The molecule has 34 heavy (non-hydrogen) atoms. The van der Waals surface area contributed by atoms with Gasteiger partial charge in [-0.1, -0.05) is 114 Å². The normalized spacial score (nSPS) is 23.6. The van der Waals surface area contributed by atoms with Crippen LogP contribution in [0.25, 0.3) is 0 Å². The summed E-state index contributed by atoms with van der Waals surface area (Å²) in [5.41, 5.74) is 2.04. The van der Waals surface area contributed by atoms with E-state index in [-0.39, 0.29) is 17.9 Å². The van der Waals surface area contributed by atoms with Gasteiger partial charge in [0.05, 0.1) is 12.1 Å². The van der Waals surface area contributed by atoms with Gasteiger partial charge in [0.2, 0.25) is 0 Å². The molecule has 1 aliphatic rings. The number of carbonyl (C=O) groups is 1. The highest BCUT2D eigenvalue weighted by Gasteiger charge is 2.49. The molecule has 0 radical (unpaired) electrons. The first kappa shape index (κ1) is 26.2. The Bertz CT molecular complexity index is 796. The van der Waals surface area contributed by atoms with E-state index in [9.17, 15) is 15.0 Å². The number of rotatable bonds is 10. The molecule has 1 heterocycles. The van der Waals surface area contributed by atoms with Gasteiger partial charge in [-0.15, -0.1) is 0 Å². The predicted octanol–water partition coefficient (Wildman–Crippen LogP) is 5.46. The lowest BCUT2D eigenvalue weighted by atomic mass is 9.81. The molecular formula is C29H42N2O3. The molecule has 2 amide bonds. The second-order valence-electron chi connectivity index (χ2n) is 9.63. The van der Waals surface area contributed by atoms with Gasteiger partial charge in [-0.3, -0.25) is 0 Å². The highest BCUT2D eigenvalue weighted by atomic mass is 16.3. The Labute approximate surface area is 205 Å². The molecule has 2 aromatic rings. The van der Waals surface area contributed by atoms with E-state index < -0.39 is 24.3 Å². The molecule has 5 nitrogen and oxygen atoms in total. The maximum Gasteiger partial charge on any atom is 0.321 e. The first-order chi connectivity index (χ1) is 16.5. The second kappa shape index (κ2) is 12.4. The van der Waals surface area contributed by atoms with Crippen molar-refractivity contribution in [2.45, 2.75) is 90.8 Å². The minimum absolute atomic E-state index is 0.0938. The maximum absolute atomic E-state index is 14.4. The number of hydrogen-bond donors (Lipinski definition) is 2. The fourth-order valence-electron chi connectivity index (χ4n) is 5.71. The van der Waals surface area contributed by atoms with E-state index >= 15 is 0 Å². The van der Waals surface area contributed by atoms with Gasteiger partial charge < -0.3 is 20.0 Å². The van der Waals surface area contributed by atoms with E-state index in [1.165, 1.54) is 0 Å². The zero-order chi connectivity index (χ0) is 24.7. The highest BCUT2D eigenvalue weighted by molar-refractivity contribution is 5.76. The first-order valence-electron chi connectivity index (χ1n) is 13.0. The van der Waals surface area contributed by atoms with Crippen LogP contribution in [-0.4, -0.2) is 50.3 Å². The Morgan fingerprint density at radius 3 is 1.26 bits per heavy atom. The Kier molecular flexibility index (Phi) is 9.54. The van der Waals surface area contributed by atoms with Crippen molar-refractivity contribution in [1.82, 2.24) is 9.80 Å². The third-order valence-electron chi connectivity index (χ3n) is 7.72. The van der Waals surface area contributed by atoms with Gasteiger partial charge in [0, 0.05) is 13.1 Å². The molecule has 186 valence electrons. The van der Waals surface area contributed by atoms with Gasteiger partial charge in [0.15, 0.2) is 0 Å². The van der Waals surface area contributed by atoms with Gasteiger partial charge in [0.1, 0.15) is 12.2 Å². The Hall–Kier alpha value is -2.37. The second-order valence-corrected chi connectivity index (χ2v) is 9.63. The summed E-state index contributed by atoms with van der Waals surface area (Å²) < 4.78 is 0. The van der Waals surface area contributed by atoms with E-state index in [1.807, 2.05) is 70.5 Å². The topological polar surface area (TPSA) is 64.0 Å². The zero-order valence-electron chi connectivity index (χ0n) is 21.2. The summed E-state index contributed by atoms with van der Waals surface area (Å²) in [5.74, 6) is 0.188. The quantitative estimate of drug-likeness (QED) is 0.489. The molecule has 0 aliphatic carbocycles. The molecule has 0 unspecified atom stereocenters. The molecule has 4 atom stereocenters. The number of carbonyl (C=O) groups excluding carboxylic acids is 1. The van der Waals surface area contributed by atoms with Gasteiger partial charge in [-0.05, 0) is 23.0 Å². The molecule has 1 aliphatic heterocycles. The molecule has 0 aromatic heterocycles. The molecule has 0 bridgehead atoms. The number of nitrogens with zero attached hydrogens (tertiary/aromatic N) is 2. The lowest BCUT2D eigenvalue weighted by Crippen LogP contribution is -2.53. The van der Waals surface area contributed by atoms with Crippen molar-refractivity contribution >= 4 is 6.03 Å². The van der Waals surface area contributed by atoms with Crippen LogP contribution < -0.4 is 0 Å². The Morgan fingerprint density at radius 2 is 0.971 bits per heavy atom. The fourth-order valence-corrected chi connectivity index (χ4v) is 5.71. The molecule has 1 fully saturated rings. The molecule has 2 aromatic carbocycles. The van der Waals surface area contributed by atoms with Gasteiger partial charge in [-0.2, -0.15) is 0 Å². The summed E-state index contributed by atoms with van der Waals surface area (Å²) in [5, 5.41) is 23.3. The molecule has 0 spiro atoms. The van der Waals surface area contributed by atoms with Gasteiger partial charge >= 0.3 is 6.03 Å². The van der Waals surface area contributed by atoms with E-state index in [1.54, 1.807) is 0 Å². The van der Waals surface area contributed by atoms with Gasteiger partial charge in [0.25, 0.3) is 0 Å². The van der Waals surface area contributed by atoms with Crippen molar-refractivity contribution in [2.24, 2.45) is 11.8 Å². The van der Waals surface area contributed by atoms with Crippen molar-refractivity contribution in [3.63, 3.8) is 0 Å². The number of amides is 2. The van der Waals surface area contributed by atoms with Crippen LogP contribution in [0.5, 0.6) is 0 Å². The average molecular weight is 467 g/mol. The lowest BCUT2D eigenvalue weighted by Gasteiger charge is -2.39. The number of aliphatic hydroxyl groups excluding tert-OH is 2. The smallest absolute Gasteiger partial charge is 0.321 e. The molecule has 2 N–H and O–H groups in total. The molecular weight excluding hydrogens is 424 g/mol. The SMILES string of the molecule is CCC(CC)[C@@H]1[C@H](O)[C@@H](O)[C@@H](C(CC)CC)N(Cc2ccccc2)C(=O)N1Cc1ccccc1. The fraction of sp³-hybridized carbons (Fsp3) is 0.552. The number of benzene rings is 2. The van der Waals surface area contributed by atoms with Crippen molar-refractivity contribution in [2.75, 3.05) is 0 Å². The van der Waals surface area contributed by atoms with Crippen LogP contribution in [0.3, 0.4) is 0 Å². The maximum atomic E-state index is 14.4. The monoisotopic (exact) mass is 466 g/mol. The average Bonchev–Trinajstić information content (AvgIpc) is 2.94. The summed E-state index contributed by atoms with van der Waals surface area (Å²) in [6.07, 6.45) is 1.30. The van der Waals surface area contributed by atoms with Crippen LogP contribution in [0.1, 0.15) is 64.5 Å². The van der Waals surface area contributed by atoms with E-state index in [2.05, 4.69) is 27.7 Å². The van der Waals surface area contributed by atoms with Crippen molar-refractivity contribution in [3.8, 4) is 0 Å². The predicted molar refractivity (Wildman–Crippen MR) is 137 cm³/mol. The number of aliphatic hydroxyl groups is 2. The Morgan fingerprint density at radius 1 is 0.647 bits per heavy atom. The van der Waals surface area contributed by atoms with Crippen LogP contribution in [0.2, 0.25) is 0 Å². The van der Waals surface area contributed by atoms with E-state index in [0.717, 1.165) is 36.8 Å². The first-order valence-corrected chi connectivity index (χ1v) is 13.0. The van der Waals surface area contributed by atoms with E-state index in [0.29, 0.717) is 13.1 Å². The summed E-state index contributed by atoms with van der Waals surface area (Å²) >= 11 is 0. The number of urea groups is 1. The standard InChI is InChI=1S/C29H42N2O3/c1-5-23(6-2)25-27(32)28(33)26(24(7-3)8-4)31(20-22-17-13-10-14-18-22)29(34)30(25)19-21-15-11-9-12-16-21/h9-18,23-28,32-33H,5-8,19-20H2,1-4H3/t25-,26-,27+,28+/m1/s1. The molecule has 5 heteroatoms. The number of hydrogen-bond acceptors (Lipinski definition) is 3. The Balaban J connectivity index is 2.13. The summed E-state index contributed by atoms with van der Waals surface area (Å²) in [7, 11) is 0. The molecule has 0 saturated carbocycles. The summed E-state index contributed by atoms with van der Waals surface area (Å²) in [6.45, 7) is 9.22. The zero-order valence-corrected chi connectivity index (χ0v) is 21.2. The van der Waals surface area contributed by atoms with Crippen LogP contribution in [-0.2, 0) is 13.1 Å². The summed E-state index contributed by atoms with van der Waals surface area (Å²) in [6, 6.07) is 18.9. The van der Waals surface area contributed by atoms with Crippen LogP contribution in [0, 0.1) is 11.8 Å². The van der Waals surface area contributed by atoms with Crippen LogP contribution >= 0.6 is 0 Å². The largest absolute Gasteiger partial charge is 0.388 e. The third kappa shape index (κ3) is 5.64. The van der Waals surface area contributed by atoms with Gasteiger partial charge in [-0.25, -0.2) is 4.79 Å². The molecule has 3 rings (SSSR count). The minimum Gasteiger partial charge on any atom is -0.388 e. The van der Waals surface area contributed by atoms with Crippen molar-refractivity contribution < 1.29 is 15.0 Å². The van der Waals surface area contributed by atoms with Crippen LogP contribution in [0.4, 0.5) is 4.79 Å². The summed E-state index contributed by atoms with van der Waals surface area (Å²) in [4.78, 5) is 18.0. The van der Waals surface area contributed by atoms with Crippen LogP contribution in [0.15, 0.2) is 60.7 Å². The van der Waals surface area contributed by atoms with Crippen molar-refractivity contribution in [3.05, 3.63) is 71.8 Å². The van der Waals surface area contributed by atoms with E-state index in [4.69, 9.17) is 0 Å². The van der Waals surface area contributed by atoms with Crippen molar-refractivity contribution in [1.29, 1.82) is 0 Å². The highest BCUT2D eigenvalue weighted by Crippen LogP contribution is 2.35. The molecule has 1 saturated heterocycles.